The van der Waals surface area contributed by atoms with Crippen LogP contribution in [-0.2, 0) is 28.7 Å². The van der Waals surface area contributed by atoms with E-state index in [4.69, 9.17) is 9.47 Å². The Labute approximate surface area is 280 Å². The van der Waals surface area contributed by atoms with Gasteiger partial charge in [-0.2, -0.15) is 0 Å². The Morgan fingerprint density at radius 3 is 2.61 bits per heavy atom. The molecule has 3 fully saturated rings. The fraction of sp³-hybridized carbons (Fsp3) is 0.600. The van der Waals surface area contributed by atoms with E-state index in [9.17, 15) is 24.3 Å². The number of allylic oxidation sites excluding steroid dienone is 1. The van der Waals surface area contributed by atoms with E-state index >= 15 is 0 Å². The first-order valence-corrected chi connectivity index (χ1v) is 17.3. The first-order chi connectivity index (χ1) is 22.1. The second-order valence-electron chi connectivity index (χ2n) is 12.5. The highest BCUT2D eigenvalue weighted by Crippen LogP contribution is 2.60. The molecule has 3 heterocycles. The molecule has 1 aromatic carbocycles. The van der Waals surface area contributed by atoms with Crippen LogP contribution in [0.5, 0.6) is 0 Å². The number of carbonyl (C=O) groups is 4. The molecule has 8 atom stereocenters. The molecule has 0 aliphatic carbocycles. The Hall–Kier alpha value is -3.02. The van der Waals surface area contributed by atoms with Gasteiger partial charge in [-0.05, 0) is 44.6 Å². The first-order valence-electron chi connectivity index (χ1n) is 16.4. The molecular weight excluding hydrogens is 654 g/mol. The summed E-state index contributed by atoms with van der Waals surface area (Å²) in [5.41, 5.74) is -0.511. The van der Waals surface area contributed by atoms with Crippen LogP contribution in [0.4, 0.5) is 0 Å². The third-order valence-corrected chi connectivity index (χ3v) is 10.2. The van der Waals surface area contributed by atoms with E-state index in [1.807, 2.05) is 30.3 Å². The number of likely N-dealkylation sites (tertiary alicyclic amines) is 1. The number of carbonyl (C=O) groups excluding carboxylic acids is 4. The monoisotopic (exact) mass is 701 g/mol. The van der Waals surface area contributed by atoms with Crippen molar-refractivity contribution in [3.05, 3.63) is 61.2 Å². The van der Waals surface area contributed by atoms with Gasteiger partial charge in [-0.3, -0.25) is 19.2 Å². The van der Waals surface area contributed by atoms with E-state index in [0.717, 1.165) is 12.8 Å². The molecule has 0 aromatic heterocycles. The summed E-state index contributed by atoms with van der Waals surface area (Å²) in [6.07, 6.45) is 5.68. The minimum absolute atomic E-state index is 0.0332. The lowest BCUT2D eigenvalue weighted by atomic mass is 9.70. The smallest absolute Gasteiger partial charge is 0.313 e. The highest BCUT2D eigenvalue weighted by molar-refractivity contribution is 9.09. The number of esters is 1. The number of alkyl halides is 1. The maximum atomic E-state index is 14.3. The van der Waals surface area contributed by atoms with Crippen molar-refractivity contribution in [1.29, 1.82) is 0 Å². The second-order valence-corrected chi connectivity index (χ2v) is 13.7. The number of benzene rings is 1. The molecule has 3 saturated heterocycles. The van der Waals surface area contributed by atoms with Crippen LogP contribution in [0.1, 0.15) is 70.5 Å². The summed E-state index contributed by atoms with van der Waals surface area (Å²) in [6.45, 7) is 12.4. The van der Waals surface area contributed by atoms with Crippen LogP contribution in [0.15, 0.2) is 55.6 Å². The highest BCUT2D eigenvalue weighted by Gasteiger charge is 2.77. The van der Waals surface area contributed by atoms with Crippen LogP contribution < -0.4 is 5.32 Å². The number of ether oxygens (including phenoxy) is 2. The van der Waals surface area contributed by atoms with Gasteiger partial charge in [-0.15, -0.1) is 13.2 Å². The third-order valence-electron chi connectivity index (χ3n) is 9.33. The maximum Gasteiger partial charge on any atom is 0.313 e. The average molecular weight is 703 g/mol. The molecule has 46 heavy (non-hydrogen) atoms. The number of rotatable bonds is 18. The number of hydrogen-bond donors (Lipinski definition) is 2. The molecule has 3 aliphatic rings. The van der Waals surface area contributed by atoms with Gasteiger partial charge in [0.25, 0.3) is 0 Å². The number of halogens is 1. The van der Waals surface area contributed by atoms with Crippen molar-refractivity contribution in [2.75, 3.05) is 26.2 Å². The molecular formula is C35H48BrN3O7. The molecule has 11 heteroatoms. The zero-order valence-electron chi connectivity index (χ0n) is 26.9. The van der Waals surface area contributed by atoms with Crippen LogP contribution in [0.3, 0.4) is 0 Å². The van der Waals surface area contributed by atoms with Crippen molar-refractivity contribution >= 4 is 39.6 Å². The predicted octanol–water partition coefficient (Wildman–Crippen LogP) is 4.08. The summed E-state index contributed by atoms with van der Waals surface area (Å²) < 4.78 is 12.9. The van der Waals surface area contributed by atoms with Crippen LogP contribution >= 0.6 is 15.9 Å². The number of fused-ring (bicyclic) bond motifs is 1. The Morgan fingerprint density at radius 2 is 1.96 bits per heavy atom. The fourth-order valence-corrected chi connectivity index (χ4v) is 8.16. The zero-order valence-corrected chi connectivity index (χ0v) is 28.5. The Morgan fingerprint density at radius 1 is 1.22 bits per heavy atom. The van der Waals surface area contributed by atoms with E-state index in [1.54, 1.807) is 28.9 Å². The normalized spacial score (nSPS) is 27.5. The minimum Gasteiger partial charge on any atom is -0.455 e. The van der Waals surface area contributed by atoms with Crippen LogP contribution in [0, 0.1) is 11.8 Å². The largest absolute Gasteiger partial charge is 0.455 e. The van der Waals surface area contributed by atoms with Crippen molar-refractivity contribution in [1.82, 2.24) is 15.1 Å². The van der Waals surface area contributed by atoms with E-state index in [0.29, 0.717) is 44.3 Å². The lowest BCUT2D eigenvalue weighted by Crippen LogP contribution is -2.57. The number of unbranched alkanes of at least 4 members (excludes halogenated alkanes) is 2. The van der Waals surface area contributed by atoms with Crippen LogP contribution in [0.25, 0.3) is 0 Å². The van der Waals surface area contributed by atoms with Crippen molar-refractivity contribution in [3.63, 3.8) is 0 Å². The number of nitrogens with zero attached hydrogens (tertiary/aromatic N) is 2. The molecule has 252 valence electrons. The zero-order chi connectivity index (χ0) is 33.4. The Balaban J connectivity index is 1.67. The molecule has 0 saturated carbocycles. The fourth-order valence-electron chi connectivity index (χ4n) is 7.22. The molecule has 2 bridgehead atoms. The van der Waals surface area contributed by atoms with Crippen LogP contribution in [0.2, 0.25) is 0 Å². The molecule has 10 nitrogen and oxygen atoms in total. The number of amides is 3. The van der Waals surface area contributed by atoms with Gasteiger partial charge in [0, 0.05) is 37.5 Å². The maximum absolute atomic E-state index is 14.3. The molecule has 4 rings (SSSR count). The summed E-state index contributed by atoms with van der Waals surface area (Å²) in [7, 11) is 0. The molecule has 0 radical (unpaired) electrons. The van der Waals surface area contributed by atoms with Gasteiger partial charge >= 0.3 is 5.97 Å². The Kier molecular flexibility index (Phi) is 12.6. The summed E-state index contributed by atoms with van der Waals surface area (Å²) in [6, 6.07) is 7.71. The highest BCUT2D eigenvalue weighted by atomic mass is 79.9. The SMILES string of the molecule is C=CCCC(=O)N[C@@H](C)[C@H](OC(=O)[C@@H]1[C@H]2O[C@@]3(CC2Br)[C@H](C(=O)N(CC=C)CCCC)N(CCCCO)C(=O)[C@@H]13)c1ccccc1. The molecule has 2 N–H and O–H groups in total. The standard InChI is InChI=1S/C35H48BrN3O7/c1-5-8-17-26(41)37-23(4)29(24-15-11-10-12-16-24)45-34(44)27-28-32(42)39(20-13-14-21-40)31(35(28)22-25(36)30(27)46-35)33(43)38(18-7-3)19-9-6-2/h5,7,10-12,15-16,23,25,27-31,40H,1,3,6,8-9,13-14,17-22H2,2,4H3,(H,37,41)/t23-,25?,27-,28+,29-,30-,31-,35+/m0/s1. The topological polar surface area (TPSA) is 125 Å². The van der Waals surface area contributed by atoms with Gasteiger partial charge in [0.1, 0.15) is 17.7 Å². The molecule has 1 aromatic rings. The lowest BCUT2D eigenvalue weighted by molar-refractivity contribution is -0.162. The number of nitrogens with one attached hydrogen (secondary N) is 1. The lowest BCUT2D eigenvalue weighted by Gasteiger charge is -2.37. The van der Waals surface area contributed by atoms with Gasteiger partial charge < -0.3 is 29.7 Å². The van der Waals surface area contributed by atoms with Crippen molar-refractivity contribution in [2.24, 2.45) is 11.8 Å². The van der Waals surface area contributed by atoms with Gasteiger partial charge in [0.15, 0.2) is 0 Å². The van der Waals surface area contributed by atoms with E-state index < -0.39 is 47.7 Å². The summed E-state index contributed by atoms with van der Waals surface area (Å²) in [5.74, 6) is -3.19. The Bertz CT molecular complexity index is 1260. The van der Waals surface area contributed by atoms with Gasteiger partial charge in [0.05, 0.1) is 24.0 Å². The minimum atomic E-state index is -1.21. The summed E-state index contributed by atoms with van der Waals surface area (Å²) in [5, 5.41) is 12.4. The number of aliphatic hydroxyl groups is 1. The first kappa shape index (κ1) is 35.8. The molecule has 1 spiro atoms. The van der Waals surface area contributed by atoms with Crippen molar-refractivity contribution < 1.29 is 33.8 Å². The van der Waals surface area contributed by atoms with Crippen LogP contribution in [-0.4, -0.2) is 93.5 Å². The van der Waals surface area contributed by atoms with Crippen molar-refractivity contribution in [2.45, 2.75) is 93.5 Å². The molecule has 3 amide bonds. The van der Waals surface area contributed by atoms with E-state index in [-0.39, 0.29) is 42.1 Å². The predicted molar refractivity (Wildman–Crippen MR) is 178 cm³/mol. The van der Waals surface area contributed by atoms with Gasteiger partial charge in [0.2, 0.25) is 17.7 Å². The van der Waals surface area contributed by atoms with Gasteiger partial charge in [-0.1, -0.05) is 71.8 Å². The second kappa shape index (κ2) is 16.2. The van der Waals surface area contributed by atoms with Gasteiger partial charge in [-0.25, -0.2) is 0 Å². The summed E-state index contributed by atoms with van der Waals surface area (Å²) >= 11 is 3.72. The number of hydrogen-bond acceptors (Lipinski definition) is 7. The number of aliphatic hydroxyl groups excluding tert-OH is 1. The van der Waals surface area contributed by atoms with E-state index in [1.165, 1.54) is 0 Å². The van der Waals surface area contributed by atoms with E-state index in [2.05, 4.69) is 41.3 Å². The molecule has 3 aliphatic heterocycles. The average Bonchev–Trinajstić information content (AvgIpc) is 3.64. The molecule has 1 unspecified atom stereocenters. The van der Waals surface area contributed by atoms with Crippen molar-refractivity contribution in [3.8, 4) is 0 Å². The quantitative estimate of drug-likeness (QED) is 0.102. The summed E-state index contributed by atoms with van der Waals surface area (Å²) in [4.78, 5) is 58.6. The third kappa shape index (κ3) is 7.26.